The number of rotatable bonds is 5. The summed E-state index contributed by atoms with van der Waals surface area (Å²) in [5.41, 5.74) is 1.56. The highest BCUT2D eigenvalue weighted by molar-refractivity contribution is 6.11. The van der Waals surface area contributed by atoms with E-state index in [0.717, 1.165) is 38.5 Å². The Hall–Kier alpha value is -3.02. The Labute approximate surface area is 206 Å². The maximum absolute atomic E-state index is 14.3. The summed E-state index contributed by atoms with van der Waals surface area (Å²) >= 11 is 0. The van der Waals surface area contributed by atoms with E-state index >= 15 is 0 Å². The molecule has 3 fully saturated rings. The van der Waals surface area contributed by atoms with Gasteiger partial charge in [-0.25, -0.2) is 4.39 Å². The van der Waals surface area contributed by atoms with Crippen LogP contribution in [0.5, 0.6) is 0 Å². The lowest BCUT2D eigenvalue weighted by molar-refractivity contribution is -0.145. The van der Waals surface area contributed by atoms with E-state index in [1.165, 1.54) is 28.2 Å². The first-order valence-electron chi connectivity index (χ1n) is 12.8. The van der Waals surface area contributed by atoms with E-state index in [9.17, 15) is 18.8 Å². The highest BCUT2D eigenvalue weighted by Gasteiger charge is 2.56. The van der Waals surface area contributed by atoms with Crippen molar-refractivity contribution in [2.45, 2.75) is 75.7 Å². The van der Waals surface area contributed by atoms with Crippen molar-refractivity contribution in [3.63, 3.8) is 0 Å². The normalized spacial score (nSPS) is 25.5. The first-order chi connectivity index (χ1) is 16.9. The molecule has 1 saturated carbocycles. The Kier molecular flexibility index (Phi) is 6.47. The molecule has 2 saturated heterocycles. The smallest absolute Gasteiger partial charge is 0.241 e. The molecule has 0 radical (unpaired) electrons. The summed E-state index contributed by atoms with van der Waals surface area (Å²) in [6, 6.07) is 14.1. The van der Waals surface area contributed by atoms with E-state index in [2.05, 4.69) is 19.1 Å². The van der Waals surface area contributed by atoms with Crippen LogP contribution >= 0.6 is 0 Å². The number of hydrogen-bond acceptors (Lipinski definition) is 3. The highest BCUT2D eigenvalue weighted by Crippen LogP contribution is 2.43. The average Bonchev–Trinajstić information content (AvgIpc) is 3.46. The van der Waals surface area contributed by atoms with Gasteiger partial charge in [0.2, 0.25) is 17.7 Å². The van der Waals surface area contributed by atoms with Gasteiger partial charge in [-0.05, 0) is 61.4 Å². The molecule has 2 heterocycles. The van der Waals surface area contributed by atoms with Gasteiger partial charge in [0, 0.05) is 37.9 Å². The van der Waals surface area contributed by atoms with Crippen LogP contribution in [0.25, 0.3) is 0 Å². The van der Waals surface area contributed by atoms with Crippen LogP contribution in [-0.2, 0) is 19.8 Å². The van der Waals surface area contributed by atoms with Crippen LogP contribution in [0.2, 0.25) is 0 Å². The summed E-state index contributed by atoms with van der Waals surface area (Å²) in [5.74, 6) is -0.931. The van der Waals surface area contributed by atoms with Gasteiger partial charge >= 0.3 is 0 Å². The zero-order chi connectivity index (χ0) is 24.6. The van der Waals surface area contributed by atoms with Crippen molar-refractivity contribution in [2.24, 2.45) is 0 Å². The topological polar surface area (TPSA) is 57.7 Å². The van der Waals surface area contributed by atoms with Gasteiger partial charge in [-0.15, -0.1) is 0 Å². The zero-order valence-electron chi connectivity index (χ0n) is 20.3. The molecule has 2 aromatic carbocycles. The first-order valence-corrected chi connectivity index (χ1v) is 12.8. The summed E-state index contributed by atoms with van der Waals surface area (Å²) in [6.07, 6.45) is 5.29. The molecule has 0 spiro atoms. The number of imide groups is 1. The van der Waals surface area contributed by atoms with E-state index in [-0.39, 0.29) is 42.5 Å². The van der Waals surface area contributed by atoms with E-state index < -0.39 is 11.2 Å². The van der Waals surface area contributed by atoms with Crippen LogP contribution in [0, 0.1) is 12.7 Å². The molecule has 0 unspecified atom stereocenters. The number of hydrogen-bond donors (Lipinski definition) is 0. The number of halogens is 1. The van der Waals surface area contributed by atoms with Gasteiger partial charge in [0.1, 0.15) is 5.82 Å². The third-order valence-corrected chi connectivity index (χ3v) is 8.27. The van der Waals surface area contributed by atoms with Crippen molar-refractivity contribution in [1.82, 2.24) is 9.80 Å². The molecular weight excluding hydrogens is 443 g/mol. The lowest BCUT2D eigenvalue weighted by atomic mass is 9.75. The monoisotopic (exact) mass is 476 g/mol. The third-order valence-electron chi connectivity index (χ3n) is 8.27. The van der Waals surface area contributed by atoms with Gasteiger partial charge in [-0.3, -0.25) is 19.3 Å². The Bertz CT molecular complexity index is 1140. The van der Waals surface area contributed by atoms with Crippen molar-refractivity contribution in [2.75, 3.05) is 13.1 Å². The molecule has 184 valence electrons. The largest absolute Gasteiger partial charge is 0.342 e. The number of piperidine rings is 1. The van der Waals surface area contributed by atoms with Crippen molar-refractivity contribution in [3.05, 3.63) is 71.0 Å². The molecule has 1 aliphatic carbocycles. The Morgan fingerprint density at radius 2 is 1.80 bits per heavy atom. The van der Waals surface area contributed by atoms with E-state index in [0.29, 0.717) is 18.7 Å². The van der Waals surface area contributed by atoms with Crippen LogP contribution in [0.15, 0.2) is 48.5 Å². The highest BCUT2D eigenvalue weighted by atomic mass is 19.1. The zero-order valence-corrected chi connectivity index (χ0v) is 20.3. The quantitative estimate of drug-likeness (QED) is 0.579. The summed E-state index contributed by atoms with van der Waals surface area (Å²) in [6.45, 7) is 3.32. The van der Waals surface area contributed by atoms with Crippen molar-refractivity contribution in [1.29, 1.82) is 0 Å². The summed E-state index contributed by atoms with van der Waals surface area (Å²) in [7, 11) is 0. The Balaban J connectivity index is 1.43. The van der Waals surface area contributed by atoms with Gasteiger partial charge in [-0.2, -0.15) is 0 Å². The minimum atomic E-state index is -1.34. The number of amides is 3. The molecular formula is C29H33FN2O3. The second-order valence-electron chi connectivity index (χ2n) is 10.5. The minimum Gasteiger partial charge on any atom is -0.342 e. The number of benzene rings is 2. The van der Waals surface area contributed by atoms with Gasteiger partial charge in [0.15, 0.2) is 0 Å². The van der Waals surface area contributed by atoms with E-state index in [1.54, 1.807) is 12.1 Å². The van der Waals surface area contributed by atoms with Crippen LogP contribution in [-0.4, -0.2) is 46.7 Å². The molecule has 2 atom stereocenters. The standard InChI is InChI=1S/C29H33FN2O3/c1-20-8-2-5-14-25(20)21-9-7-15-31(19-21)26(33)17-29(22-10-6-11-23(30)16-22)18-27(34)32(28(29)35)24-12-3-4-13-24/h2,5-6,8,10-11,14,16,21,24H,3-4,7,9,12-13,15,17-19H2,1H3/t21-,29+/m1/s1. The fraction of sp³-hybridized carbons (Fsp3) is 0.483. The van der Waals surface area contributed by atoms with Gasteiger partial charge in [0.25, 0.3) is 0 Å². The average molecular weight is 477 g/mol. The second-order valence-corrected chi connectivity index (χ2v) is 10.5. The number of likely N-dealkylation sites (tertiary alicyclic amines) is 2. The van der Waals surface area contributed by atoms with Crippen LogP contribution < -0.4 is 0 Å². The van der Waals surface area contributed by atoms with Crippen molar-refractivity contribution < 1.29 is 18.8 Å². The van der Waals surface area contributed by atoms with Crippen molar-refractivity contribution >= 4 is 17.7 Å². The van der Waals surface area contributed by atoms with Gasteiger partial charge in [-0.1, -0.05) is 49.2 Å². The lowest BCUT2D eigenvalue weighted by Gasteiger charge is -2.36. The molecule has 5 rings (SSSR count). The molecule has 0 N–H and O–H groups in total. The van der Waals surface area contributed by atoms with Crippen LogP contribution in [0.4, 0.5) is 4.39 Å². The Morgan fingerprint density at radius 3 is 2.54 bits per heavy atom. The molecule has 35 heavy (non-hydrogen) atoms. The maximum atomic E-state index is 14.3. The van der Waals surface area contributed by atoms with Gasteiger partial charge < -0.3 is 4.90 Å². The predicted octanol–water partition coefficient (Wildman–Crippen LogP) is 4.87. The van der Waals surface area contributed by atoms with E-state index in [4.69, 9.17) is 0 Å². The number of aryl methyl sites for hydroxylation is 1. The molecule has 6 heteroatoms. The Morgan fingerprint density at radius 1 is 1.03 bits per heavy atom. The SMILES string of the molecule is Cc1ccccc1[C@@H]1CCCN(C(=O)C[C@@]2(c3cccc(F)c3)CC(=O)N(C3CCCC3)C2=O)C1. The summed E-state index contributed by atoms with van der Waals surface area (Å²) < 4.78 is 14.3. The van der Waals surface area contributed by atoms with Gasteiger partial charge in [0.05, 0.1) is 5.41 Å². The fourth-order valence-corrected chi connectivity index (χ4v) is 6.42. The van der Waals surface area contributed by atoms with Crippen LogP contribution in [0.3, 0.4) is 0 Å². The molecule has 3 aliphatic rings. The second kappa shape index (κ2) is 9.56. The fourth-order valence-electron chi connectivity index (χ4n) is 6.42. The molecule has 5 nitrogen and oxygen atoms in total. The first kappa shape index (κ1) is 23.7. The lowest BCUT2D eigenvalue weighted by Crippen LogP contribution is -2.47. The third kappa shape index (κ3) is 4.39. The maximum Gasteiger partial charge on any atom is 0.241 e. The summed E-state index contributed by atoms with van der Waals surface area (Å²) in [5, 5.41) is 0. The number of nitrogens with zero attached hydrogens (tertiary/aromatic N) is 2. The molecule has 2 aliphatic heterocycles. The minimum absolute atomic E-state index is 0.0768. The molecule has 0 bridgehead atoms. The van der Waals surface area contributed by atoms with E-state index in [1.807, 2.05) is 17.0 Å². The number of carbonyl (C=O) groups is 3. The predicted molar refractivity (Wildman–Crippen MR) is 131 cm³/mol. The molecule has 3 amide bonds. The molecule has 2 aromatic rings. The van der Waals surface area contributed by atoms with Crippen LogP contribution in [0.1, 0.15) is 74.0 Å². The van der Waals surface area contributed by atoms with Crippen molar-refractivity contribution in [3.8, 4) is 0 Å². The molecule has 0 aromatic heterocycles. The summed E-state index contributed by atoms with van der Waals surface area (Å²) in [4.78, 5) is 44.0. The number of carbonyl (C=O) groups excluding carboxylic acids is 3.